The van der Waals surface area contributed by atoms with Gasteiger partial charge in [0.25, 0.3) is 11.8 Å². The van der Waals surface area contributed by atoms with E-state index >= 15 is 0 Å². The summed E-state index contributed by atoms with van der Waals surface area (Å²) in [5, 5.41) is 35.5. The molecule has 1 heterocycles. The van der Waals surface area contributed by atoms with Crippen LogP contribution in [0.4, 0.5) is 0 Å². The van der Waals surface area contributed by atoms with Gasteiger partial charge in [0.1, 0.15) is 18.5 Å². The lowest BCUT2D eigenvalue weighted by Gasteiger charge is -2.40. The molecule has 32 heavy (non-hydrogen) atoms. The van der Waals surface area contributed by atoms with Crippen molar-refractivity contribution in [2.24, 2.45) is 5.92 Å². The van der Waals surface area contributed by atoms with E-state index in [0.717, 1.165) is 0 Å². The highest BCUT2D eigenvalue weighted by Gasteiger charge is 2.44. The molecule has 0 saturated carbocycles. The fraction of sp³-hybridized carbons (Fsp3) is 0.348. The SMILES string of the molecule is CNC(=O)c1cc(C(=O)NC)cc(-c2cccc(C3OC(CO)C(C=O)C(O)C3O)c2)c1. The monoisotopic (exact) mass is 442 g/mol. The van der Waals surface area contributed by atoms with E-state index in [4.69, 9.17) is 4.74 Å². The highest BCUT2D eigenvalue weighted by molar-refractivity contribution is 6.01. The predicted octanol–water partition coefficient (Wildman–Crippen LogP) is 0.0419. The fourth-order valence-electron chi connectivity index (χ4n) is 3.84. The highest BCUT2D eigenvalue weighted by atomic mass is 16.5. The minimum absolute atomic E-state index is 0.299. The van der Waals surface area contributed by atoms with Gasteiger partial charge in [-0.3, -0.25) is 9.59 Å². The van der Waals surface area contributed by atoms with E-state index in [1.54, 1.807) is 36.4 Å². The van der Waals surface area contributed by atoms with E-state index in [9.17, 15) is 29.7 Å². The molecular formula is C23H26N2O7. The quantitative estimate of drug-likeness (QED) is 0.397. The number of carbonyl (C=O) groups is 3. The first-order chi connectivity index (χ1) is 15.3. The maximum absolute atomic E-state index is 12.2. The summed E-state index contributed by atoms with van der Waals surface area (Å²) >= 11 is 0. The van der Waals surface area contributed by atoms with Crippen molar-refractivity contribution in [3.63, 3.8) is 0 Å². The Morgan fingerprint density at radius 1 is 0.969 bits per heavy atom. The molecule has 2 aromatic carbocycles. The zero-order chi connectivity index (χ0) is 23.4. The Morgan fingerprint density at radius 3 is 2.12 bits per heavy atom. The van der Waals surface area contributed by atoms with Crippen LogP contribution < -0.4 is 10.6 Å². The van der Waals surface area contributed by atoms with Gasteiger partial charge < -0.3 is 35.5 Å². The van der Waals surface area contributed by atoms with Gasteiger partial charge in [0.15, 0.2) is 0 Å². The second-order valence-corrected chi connectivity index (χ2v) is 7.56. The van der Waals surface area contributed by atoms with Crippen LogP contribution in [0.15, 0.2) is 42.5 Å². The molecular weight excluding hydrogens is 416 g/mol. The second kappa shape index (κ2) is 10.0. The number of ether oxygens (including phenoxy) is 1. The van der Waals surface area contributed by atoms with E-state index in [0.29, 0.717) is 34.1 Å². The predicted molar refractivity (Wildman–Crippen MR) is 115 cm³/mol. The standard InChI is InChI=1S/C23H26N2O7/c1-24-22(30)15-7-14(8-16(9-15)23(31)25-2)12-4-3-5-13(6-12)21-20(29)19(28)17(10-26)18(11-27)32-21/h3-10,17-21,27-29H,11H2,1-2H3,(H,24,30)(H,25,31). The van der Waals surface area contributed by atoms with Crippen LogP contribution in [0.3, 0.4) is 0 Å². The minimum atomic E-state index is -1.40. The van der Waals surface area contributed by atoms with Crippen LogP contribution in [0.1, 0.15) is 32.4 Å². The Labute approximate surface area is 185 Å². The van der Waals surface area contributed by atoms with Gasteiger partial charge in [0.05, 0.1) is 24.7 Å². The van der Waals surface area contributed by atoms with Crippen LogP contribution in [0.25, 0.3) is 11.1 Å². The van der Waals surface area contributed by atoms with Crippen LogP contribution in [0, 0.1) is 5.92 Å². The molecule has 9 heteroatoms. The highest BCUT2D eigenvalue weighted by Crippen LogP contribution is 2.36. The largest absolute Gasteiger partial charge is 0.394 e. The molecule has 0 aromatic heterocycles. The van der Waals surface area contributed by atoms with E-state index in [1.807, 2.05) is 0 Å². The summed E-state index contributed by atoms with van der Waals surface area (Å²) in [5.41, 5.74) is 2.33. The maximum Gasteiger partial charge on any atom is 0.251 e. The number of aliphatic hydroxyl groups is 3. The first-order valence-electron chi connectivity index (χ1n) is 10.1. The summed E-state index contributed by atoms with van der Waals surface area (Å²) in [6, 6.07) is 11.6. The van der Waals surface area contributed by atoms with Crippen molar-refractivity contribution in [2.75, 3.05) is 20.7 Å². The molecule has 170 valence electrons. The molecule has 1 aliphatic rings. The second-order valence-electron chi connectivity index (χ2n) is 7.56. The van der Waals surface area contributed by atoms with Crippen molar-refractivity contribution in [1.29, 1.82) is 0 Å². The number of benzene rings is 2. The Bertz CT molecular complexity index is 973. The van der Waals surface area contributed by atoms with Gasteiger partial charge in [-0.25, -0.2) is 0 Å². The van der Waals surface area contributed by atoms with E-state index < -0.39 is 36.9 Å². The number of rotatable bonds is 6. The van der Waals surface area contributed by atoms with Crippen LogP contribution in [-0.4, -0.2) is 72.4 Å². The Kier molecular flexibility index (Phi) is 7.37. The molecule has 1 aliphatic heterocycles. The Morgan fingerprint density at radius 2 is 1.59 bits per heavy atom. The van der Waals surface area contributed by atoms with Crippen LogP contribution in [0.5, 0.6) is 0 Å². The summed E-state index contributed by atoms with van der Waals surface area (Å²) in [7, 11) is 2.99. The summed E-state index contributed by atoms with van der Waals surface area (Å²) < 4.78 is 5.74. The van der Waals surface area contributed by atoms with E-state index in [1.165, 1.54) is 20.2 Å². The minimum Gasteiger partial charge on any atom is -0.394 e. The summed E-state index contributed by atoms with van der Waals surface area (Å²) in [6.45, 7) is -0.493. The van der Waals surface area contributed by atoms with Gasteiger partial charge in [-0.2, -0.15) is 0 Å². The third kappa shape index (κ3) is 4.56. The lowest BCUT2D eigenvalue weighted by Crippen LogP contribution is -2.52. The maximum atomic E-state index is 12.2. The molecule has 9 nitrogen and oxygen atoms in total. The summed E-state index contributed by atoms with van der Waals surface area (Å²) in [6.07, 6.45) is -4.27. The molecule has 0 radical (unpaired) electrons. The van der Waals surface area contributed by atoms with Crippen molar-refractivity contribution in [2.45, 2.75) is 24.4 Å². The molecule has 2 amide bonds. The van der Waals surface area contributed by atoms with Crippen molar-refractivity contribution < 1.29 is 34.4 Å². The topological polar surface area (TPSA) is 145 Å². The molecule has 5 unspecified atom stereocenters. The molecule has 5 N–H and O–H groups in total. The van der Waals surface area contributed by atoms with E-state index in [2.05, 4.69) is 10.6 Å². The number of hydrogen-bond acceptors (Lipinski definition) is 7. The smallest absolute Gasteiger partial charge is 0.251 e. The number of aldehydes is 1. The normalized spacial score (nSPS) is 25.1. The Hall–Kier alpha value is -3.11. The average molecular weight is 442 g/mol. The molecule has 0 spiro atoms. The number of carbonyl (C=O) groups excluding carboxylic acids is 3. The lowest BCUT2D eigenvalue weighted by atomic mass is 9.85. The number of nitrogens with one attached hydrogen (secondary N) is 2. The zero-order valence-corrected chi connectivity index (χ0v) is 17.7. The number of aliphatic hydroxyl groups excluding tert-OH is 3. The molecule has 2 aromatic rings. The van der Waals surface area contributed by atoms with Crippen molar-refractivity contribution in [3.05, 3.63) is 59.2 Å². The molecule has 3 rings (SSSR count). The number of amides is 2. The first-order valence-corrected chi connectivity index (χ1v) is 10.1. The van der Waals surface area contributed by atoms with Crippen molar-refractivity contribution in [1.82, 2.24) is 10.6 Å². The van der Waals surface area contributed by atoms with Gasteiger partial charge in [0.2, 0.25) is 0 Å². The first kappa shape index (κ1) is 23.6. The van der Waals surface area contributed by atoms with Gasteiger partial charge in [-0.15, -0.1) is 0 Å². The van der Waals surface area contributed by atoms with Gasteiger partial charge in [-0.05, 0) is 41.0 Å². The van der Waals surface area contributed by atoms with Crippen LogP contribution >= 0.6 is 0 Å². The van der Waals surface area contributed by atoms with Gasteiger partial charge in [0, 0.05) is 25.2 Å². The molecule has 5 atom stereocenters. The third-order valence-electron chi connectivity index (χ3n) is 5.60. The van der Waals surface area contributed by atoms with Gasteiger partial charge >= 0.3 is 0 Å². The molecule has 1 fully saturated rings. The average Bonchev–Trinajstić information content (AvgIpc) is 2.84. The fourth-order valence-corrected chi connectivity index (χ4v) is 3.84. The molecule has 0 bridgehead atoms. The zero-order valence-electron chi connectivity index (χ0n) is 17.7. The number of hydrogen-bond donors (Lipinski definition) is 5. The van der Waals surface area contributed by atoms with Gasteiger partial charge in [-0.1, -0.05) is 18.2 Å². The Balaban J connectivity index is 2.03. The molecule has 1 saturated heterocycles. The van der Waals surface area contributed by atoms with Crippen molar-refractivity contribution >= 4 is 18.1 Å². The summed E-state index contributed by atoms with van der Waals surface area (Å²) in [4.78, 5) is 35.7. The van der Waals surface area contributed by atoms with Crippen LogP contribution in [-0.2, 0) is 9.53 Å². The van der Waals surface area contributed by atoms with E-state index in [-0.39, 0.29) is 11.8 Å². The lowest BCUT2D eigenvalue weighted by molar-refractivity contribution is -0.206. The molecule has 0 aliphatic carbocycles. The summed E-state index contributed by atoms with van der Waals surface area (Å²) in [5.74, 6) is -1.75. The third-order valence-corrected chi connectivity index (χ3v) is 5.60. The van der Waals surface area contributed by atoms with Crippen molar-refractivity contribution in [3.8, 4) is 11.1 Å². The van der Waals surface area contributed by atoms with Crippen LogP contribution in [0.2, 0.25) is 0 Å².